The summed E-state index contributed by atoms with van der Waals surface area (Å²) in [6.07, 6.45) is 2.17. The fourth-order valence-corrected chi connectivity index (χ4v) is 1.70. The van der Waals surface area contributed by atoms with Gasteiger partial charge < -0.3 is 4.57 Å². The molecule has 2 aromatic rings. The molecule has 1 heteroatoms. The first-order chi connectivity index (χ1) is 5.68. The van der Waals surface area contributed by atoms with Crippen molar-refractivity contribution in [2.75, 3.05) is 0 Å². The topological polar surface area (TPSA) is 4.93 Å². The van der Waals surface area contributed by atoms with Gasteiger partial charge in [0.2, 0.25) is 0 Å². The van der Waals surface area contributed by atoms with Crippen LogP contribution in [0.4, 0.5) is 0 Å². The Morgan fingerprint density at radius 2 is 1.92 bits per heavy atom. The molecule has 0 amide bonds. The molecule has 0 saturated heterocycles. The van der Waals surface area contributed by atoms with Gasteiger partial charge in [0.05, 0.1) is 0 Å². The highest BCUT2D eigenvalue weighted by Gasteiger charge is 2.01. The van der Waals surface area contributed by atoms with Crippen LogP contribution >= 0.6 is 0 Å². The molecule has 1 aromatic heterocycles. The molecule has 62 valence electrons. The summed E-state index contributed by atoms with van der Waals surface area (Å²) >= 11 is 0. The Kier molecular flexibility index (Phi) is 1.47. The zero-order valence-electron chi connectivity index (χ0n) is 7.76. The van der Waals surface area contributed by atoms with E-state index in [2.05, 4.69) is 49.9 Å². The zero-order valence-corrected chi connectivity index (χ0v) is 7.76. The average Bonchev–Trinajstić information content (AvgIpc) is 2.28. The Hall–Kier alpha value is -1.24. The van der Waals surface area contributed by atoms with Crippen LogP contribution in [0.2, 0.25) is 0 Å². The van der Waals surface area contributed by atoms with Gasteiger partial charge in [0.25, 0.3) is 0 Å². The first-order valence-electron chi connectivity index (χ1n) is 4.21. The maximum atomic E-state index is 2.22. The van der Waals surface area contributed by atoms with E-state index in [0.29, 0.717) is 0 Å². The molecule has 0 aliphatic heterocycles. The maximum absolute atomic E-state index is 2.22. The molecule has 0 N–H and O–H groups in total. The van der Waals surface area contributed by atoms with Crippen molar-refractivity contribution in [1.82, 2.24) is 4.57 Å². The number of aryl methyl sites for hydroxylation is 3. The highest BCUT2D eigenvalue weighted by Crippen LogP contribution is 2.20. The lowest BCUT2D eigenvalue weighted by Crippen LogP contribution is -1.83. The van der Waals surface area contributed by atoms with Crippen molar-refractivity contribution in [3.05, 3.63) is 35.5 Å². The van der Waals surface area contributed by atoms with E-state index in [0.717, 1.165) is 0 Å². The number of nitrogens with zero attached hydrogens (tertiary/aromatic N) is 1. The van der Waals surface area contributed by atoms with E-state index >= 15 is 0 Å². The summed E-state index contributed by atoms with van der Waals surface area (Å²) in [5.41, 5.74) is 4.00. The molecule has 1 nitrogen and oxygen atoms in total. The van der Waals surface area contributed by atoms with Gasteiger partial charge in [-0.3, -0.25) is 0 Å². The van der Waals surface area contributed by atoms with Crippen LogP contribution < -0.4 is 0 Å². The van der Waals surface area contributed by atoms with E-state index in [4.69, 9.17) is 0 Å². The third-order valence-electron chi connectivity index (χ3n) is 2.35. The quantitative estimate of drug-likeness (QED) is 0.557. The molecule has 0 unspecified atom stereocenters. The molecule has 0 fully saturated rings. The van der Waals surface area contributed by atoms with Crippen molar-refractivity contribution >= 4 is 10.9 Å². The van der Waals surface area contributed by atoms with Gasteiger partial charge in [-0.25, -0.2) is 0 Å². The second-order valence-electron chi connectivity index (χ2n) is 3.44. The van der Waals surface area contributed by atoms with Gasteiger partial charge in [0, 0.05) is 24.1 Å². The molecule has 2 rings (SSSR count). The van der Waals surface area contributed by atoms with Gasteiger partial charge in [0.15, 0.2) is 0 Å². The number of hydrogen-bond acceptors (Lipinski definition) is 0. The van der Waals surface area contributed by atoms with Crippen molar-refractivity contribution in [3.63, 3.8) is 0 Å². The minimum absolute atomic E-state index is 1.32. The standard InChI is InChI=1S/C11H13N/c1-8-4-5-10-9(2)7-12(3)11(10)6-8/h4-7H,1-3H3. The molecule has 0 bridgehead atoms. The van der Waals surface area contributed by atoms with Crippen molar-refractivity contribution < 1.29 is 0 Å². The Labute approximate surface area is 72.6 Å². The summed E-state index contributed by atoms with van der Waals surface area (Å²) in [6.45, 7) is 4.28. The summed E-state index contributed by atoms with van der Waals surface area (Å²) in [6, 6.07) is 6.58. The second-order valence-corrected chi connectivity index (χ2v) is 3.44. The van der Waals surface area contributed by atoms with Crippen LogP contribution in [0.1, 0.15) is 11.1 Å². The minimum Gasteiger partial charge on any atom is -0.350 e. The van der Waals surface area contributed by atoms with Crippen LogP contribution in [0.25, 0.3) is 10.9 Å². The van der Waals surface area contributed by atoms with Gasteiger partial charge in [0.1, 0.15) is 0 Å². The SMILES string of the molecule is Cc1ccc2c(C)cn(C)c2c1. The van der Waals surface area contributed by atoms with Crippen LogP contribution in [-0.2, 0) is 7.05 Å². The number of rotatable bonds is 0. The maximum Gasteiger partial charge on any atom is 0.0483 e. The smallest absolute Gasteiger partial charge is 0.0483 e. The highest BCUT2D eigenvalue weighted by atomic mass is 14.9. The lowest BCUT2D eigenvalue weighted by atomic mass is 10.1. The number of benzene rings is 1. The van der Waals surface area contributed by atoms with Gasteiger partial charge in [-0.1, -0.05) is 12.1 Å². The number of fused-ring (bicyclic) bond motifs is 1. The Morgan fingerprint density at radius 3 is 2.67 bits per heavy atom. The first kappa shape index (κ1) is 7.41. The molecule has 0 aliphatic rings. The first-order valence-corrected chi connectivity index (χ1v) is 4.21. The summed E-state index contributed by atoms with van der Waals surface area (Å²) in [5.74, 6) is 0. The van der Waals surface area contributed by atoms with Gasteiger partial charge in [-0.2, -0.15) is 0 Å². The Morgan fingerprint density at radius 1 is 1.17 bits per heavy atom. The summed E-state index contributed by atoms with van der Waals surface area (Å²) in [5, 5.41) is 1.36. The van der Waals surface area contributed by atoms with Crippen LogP contribution in [-0.4, -0.2) is 4.57 Å². The molecular weight excluding hydrogens is 146 g/mol. The molecule has 1 aromatic carbocycles. The van der Waals surface area contributed by atoms with Gasteiger partial charge in [-0.05, 0) is 31.0 Å². The number of hydrogen-bond donors (Lipinski definition) is 0. The molecule has 0 spiro atoms. The average molecular weight is 159 g/mol. The third-order valence-corrected chi connectivity index (χ3v) is 2.35. The van der Waals surface area contributed by atoms with Crippen LogP contribution in [0.3, 0.4) is 0 Å². The molecular formula is C11H13N. The van der Waals surface area contributed by atoms with Crippen molar-refractivity contribution in [1.29, 1.82) is 0 Å². The normalized spacial score (nSPS) is 10.9. The van der Waals surface area contributed by atoms with E-state index < -0.39 is 0 Å². The van der Waals surface area contributed by atoms with Gasteiger partial charge >= 0.3 is 0 Å². The molecule has 0 atom stereocenters. The molecule has 1 heterocycles. The fraction of sp³-hybridized carbons (Fsp3) is 0.273. The lowest BCUT2D eigenvalue weighted by Gasteiger charge is -1.96. The van der Waals surface area contributed by atoms with Crippen molar-refractivity contribution in [2.24, 2.45) is 7.05 Å². The monoisotopic (exact) mass is 159 g/mol. The van der Waals surface area contributed by atoms with Crippen LogP contribution in [0, 0.1) is 13.8 Å². The molecule has 0 aliphatic carbocycles. The molecule has 0 radical (unpaired) electrons. The van der Waals surface area contributed by atoms with Crippen LogP contribution in [0.5, 0.6) is 0 Å². The molecule has 12 heavy (non-hydrogen) atoms. The van der Waals surface area contributed by atoms with E-state index in [1.54, 1.807) is 0 Å². The summed E-state index contributed by atoms with van der Waals surface area (Å²) < 4.78 is 2.18. The fourth-order valence-electron chi connectivity index (χ4n) is 1.70. The zero-order chi connectivity index (χ0) is 8.72. The minimum atomic E-state index is 1.32. The van der Waals surface area contributed by atoms with E-state index in [-0.39, 0.29) is 0 Å². The van der Waals surface area contributed by atoms with E-state index in [9.17, 15) is 0 Å². The Bertz CT molecular complexity index is 424. The van der Waals surface area contributed by atoms with E-state index in [1.807, 2.05) is 0 Å². The summed E-state index contributed by atoms with van der Waals surface area (Å²) in [7, 11) is 2.09. The third kappa shape index (κ3) is 0.934. The van der Waals surface area contributed by atoms with Crippen LogP contribution in [0.15, 0.2) is 24.4 Å². The summed E-state index contributed by atoms with van der Waals surface area (Å²) in [4.78, 5) is 0. The van der Waals surface area contributed by atoms with E-state index in [1.165, 1.54) is 22.0 Å². The van der Waals surface area contributed by atoms with Crippen molar-refractivity contribution in [3.8, 4) is 0 Å². The largest absolute Gasteiger partial charge is 0.350 e. The second kappa shape index (κ2) is 2.37. The predicted molar refractivity (Wildman–Crippen MR) is 52.4 cm³/mol. The Balaban J connectivity index is 2.90. The predicted octanol–water partition coefficient (Wildman–Crippen LogP) is 2.80. The lowest BCUT2D eigenvalue weighted by molar-refractivity contribution is 0.963. The highest BCUT2D eigenvalue weighted by molar-refractivity contribution is 5.84. The molecule has 0 saturated carbocycles. The van der Waals surface area contributed by atoms with Crippen molar-refractivity contribution in [2.45, 2.75) is 13.8 Å². The van der Waals surface area contributed by atoms with Gasteiger partial charge in [-0.15, -0.1) is 0 Å². The number of aromatic nitrogens is 1.